The van der Waals surface area contributed by atoms with E-state index in [4.69, 9.17) is 13.9 Å². The SMILES string of the molecule is COc1cc(OC)c2c(c1)oc(=O)n2CCCBr. The van der Waals surface area contributed by atoms with Gasteiger partial charge in [-0.25, -0.2) is 4.79 Å². The third-order valence-corrected chi connectivity index (χ3v) is 3.23. The zero-order valence-corrected chi connectivity index (χ0v) is 11.8. The first-order valence-corrected chi connectivity index (χ1v) is 6.64. The molecule has 0 fully saturated rings. The fourth-order valence-electron chi connectivity index (χ4n) is 1.84. The lowest BCUT2D eigenvalue weighted by molar-refractivity contribution is 0.396. The predicted molar refractivity (Wildman–Crippen MR) is 72.0 cm³/mol. The van der Waals surface area contributed by atoms with E-state index in [0.717, 1.165) is 11.8 Å². The highest BCUT2D eigenvalue weighted by molar-refractivity contribution is 9.09. The van der Waals surface area contributed by atoms with Gasteiger partial charge in [0.1, 0.15) is 17.0 Å². The van der Waals surface area contributed by atoms with Gasteiger partial charge in [0.05, 0.1) is 14.2 Å². The molecular weight excluding hydrogens is 302 g/mol. The number of rotatable bonds is 5. The molecule has 0 amide bonds. The Balaban J connectivity index is 2.64. The maximum Gasteiger partial charge on any atom is 0.420 e. The number of fused-ring (bicyclic) bond motifs is 1. The Morgan fingerprint density at radius 3 is 2.72 bits per heavy atom. The Morgan fingerprint density at radius 2 is 2.11 bits per heavy atom. The van der Waals surface area contributed by atoms with Crippen LogP contribution in [0.2, 0.25) is 0 Å². The van der Waals surface area contributed by atoms with Crippen LogP contribution in [0.4, 0.5) is 0 Å². The number of aryl methyl sites for hydroxylation is 1. The molecule has 0 aliphatic carbocycles. The highest BCUT2D eigenvalue weighted by Gasteiger charge is 2.15. The summed E-state index contributed by atoms with van der Waals surface area (Å²) in [6.07, 6.45) is 0.837. The number of ether oxygens (including phenoxy) is 2. The van der Waals surface area contributed by atoms with Crippen molar-refractivity contribution in [3.63, 3.8) is 0 Å². The van der Waals surface area contributed by atoms with Crippen molar-refractivity contribution in [2.24, 2.45) is 0 Å². The molecule has 98 valence electrons. The molecule has 0 spiro atoms. The lowest BCUT2D eigenvalue weighted by atomic mass is 10.2. The number of oxazole rings is 1. The zero-order chi connectivity index (χ0) is 13.1. The third-order valence-electron chi connectivity index (χ3n) is 2.67. The molecule has 1 aromatic carbocycles. The zero-order valence-electron chi connectivity index (χ0n) is 10.2. The summed E-state index contributed by atoms with van der Waals surface area (Å²) in [7, 11) is 3.11. The van der Waals surface area contributed by atoms with Gasteiger partial charge in [-0.3, -0.25) is 4.57 Å². The number of hydrogen-bond donors (Lipinski definition) is 0. The van der Waals surface area contributed by atoms with Gasteiger partial charge in [0, 0.05) is 24.0 Å². The van der Waals surface area contributed by atoms with Crippen LogP contribution in [-0.4, -0.2) is 24.1 Å². The Bertz CT molecular complexity index is 602. The van der Waals surface area contributed by atoms with Gasteiger partial charge in [-0.1, -0.05) is 15.9 Å². The van der Waals surface area contributed by atoms with Gasteiger partial charge in [0.25, 0.3) is 0 Å². The lowest BCUT2D eigenvalue weighted by Gasteiger charge is -2.07. The average molecular weight is 316 g/mol. The van der Waals surface area contributed by atoms with Crippen LogP contribution >= 0.6 is 15.9 Å². The molecule has 0 aliphatic rings. The molecule has 1 heterocycles. The van der Waals surface area contributed by atoms with Gasteiger partial charge in [-0.15, -0.1) is 0 Å². The van der Waals surface area contributed by atoms with Crippen molar-refractivity contribution in [1.82, 2.24) is 4.57 Å². The number of aromatic nitrogens is 1. The number of halogens is 1. The van der Waals surface area contributed by atoms with Gasteiger partial charge < -0.3 is 13.9 Å². The second kappa shape index (κ2) is 5.48. The Labute approximate surface area is 112 Å². The number of methoxy groups -OCH3 is 2. The van der Waals surface area contributed by atoms with Gasteiger partial charge in [0.2, 0.25) is 0 Å². The van der Waals surface area contributed by atoms with E-state index >= 15 is 0 Å². The van der Waals surface area contributed by atoms with Crippen LogP contribution in [0.3, 0.4) is 0 Å². The molecule has 0 bridgehead atoms. The summed E-state index contributed by atoms with van der Waals surface area (Å²) in [6, 6.07) is 3.42. The van der Waals surface area contributed by atoms with E-state index in [1.165, 1.54) is 0 Å². The van der Waals surface area contributed by atoms with Crippen LogP contribution < -0.4 is 15.2 Å². The van der Waals surface area contributed by atoms with Crippen LogP contribution in [-0.2, 0) is 6.54 Å². The first kappa shape index (κ1) is 13.0. The molecular formula is C12H14BrNO4. The molecule has 2 rings (SSSR count). The first-order valence-electron chi connectivity index (χ1n) is 5.52. The topological polar surface area (TPSA) is 53.6 Å². The van der Waals surface area contributed by atoms with Gasteiger partial charge in [-0.05, 0) is 6.42 Å². The average Bonchev–Trinajstić information content (AvgIpc) is 2.70. The highest BCUT2D eigenvalue weighted by Crippen LogP contribution is 2.30. The van der Waals surface area contributed by atoms with Crippen molar-refractivity contribution in [3.8, 4) is 11.5 Å². The van der Waals surface area contributed by atoms with Crippen LogP contribution in [0.15, 0.2) is 21.3 Å². The molecule has 6 heteroatoms. The fraction of sp³-hybridized carbons (Fsp3) is 0.417. The minimum Gasteiger partial charge on any atom is -0.496 e. The summed E-state index contributed by atoms with van der Waals surface area (Å²) in [4.78, 5) is 11.8. The van der Waals surface area contributed by atoms with Gasteiger partial charge in [-0.2, -0.15) is 0 Å². The quantitative estimate of drug-likeness (QED) is 0.795. The normalized spacial score (nSPS) is 10.8. The van der Waals surface area contributed by atoms with Crippen LogP contribution in [0.5, 0.6) is 11.5 Å². The largest absolute Gasteiger partial charge is 0.496 e. The highest BCUT2D eigenvalue weighted by atomic mass is 79.9. The Hall–Kier alpha value is -1.43. The second-order valence-corrected chi connectivity index (χ2v) is 4.53. The van der Waals surface area contributed by atoms with Crippen molar-refractivity contribution < 1.29 is 13.9 Å². The Kier molecular flexibility index (Phi) is 3.96. The van der Waals surface area contributed by atoms with E-state index in [1.807, 2.05) is 0 Å². The minimum absolute atomic E-state index is 0.377. The summed E-state index contributed by atoms with van der Waals surface area (Å²) < 4.78 is 17.2. The smallest absolute Gasteiger partial charge is 0.420 e. The molecule has 1 aromatic heterocycles. The molecule has 0 saturated heterocycles. The number of benzene rings is 1. The van der Waals surface area contributed by atoms with Crippen LogP contribution in [0.25, 0.3) is 11.1 Å². The monoisotopic (exact) mass is 315 g/mol. The molecule has 0 N–H and O–H groups in total. The maximum atomic E-state index is 11.8. The standard InChI is InChI=1S/C12H14BrNO4/c1-16-8-6-9(17-2)11-10(7-8)18-12(15)14(11)5-3-4-13/h6-7H,3-5H2,1-2H3. The third kappa shape index (κ3) is 2.25. The van der Waals surface area contributed by atoms with E-state index in [0.29, 0.717) is 29.1 Å². The molecule has 18 heavy (non-hydrogen) atoms. The van der Waals surface area contributed by atoms with Crippen molar-refractivity contribution in [2.45, 2.75) is 13.0 Å². The van der Waals surface area contributed by atoms with Crippen molar-refractivity contribution in [2.75, 3.05) is 19.5 Å². The lowest BCUT2D eigenvalue weighted by Crippen LogP contribution is -2.14. The number of nitrogens with zero attached hydrogens (tertiary/aromatic N) is 1. The summed E-state index contributed by atoms with van der Waals surface area (Å²) >= 11 is 3.34. The van der Waals surface area contributed by atoms with Gasteiger partial charge in [0.15, 0.2) is 5.58 Å². The molecule has 0 aliphatic heterocycles. The minimum atomic E-state index is -0.377. The van der Waals surface area contributed by atoms with E-state index in [9.17, 15) is 4.79 Å². The van der Waals surface area contributed by atoms with Gasteiger partial charge >= 0.3 is 5.76 Å². The summed E-state index contributed by atoms with van der Waals surface area (Å²) in [5.41, 5.74) is 1.15. The summed E-state index contributed by atoms with van der Waals surface area (Å²) in [5, 5.41) is 0.824. The molecule has 0 atom stereocenters. The Morgan fingerprint density at radius 1 is 1.33 bits per heavy atom. The first-order chi connectivity index (χ1) is 8.71. The van der Waals surface area contributed by atoms with Crippen LogP contribution in [0.1, 0.15) is 6.42 Å². The fourth-order valence-corrected chi connectivity index (χ4v) is 2.09. The molecule has 5 nitrogen and oxygen atoms in total. The van der Waals surface area contributed by atoms with E-state index in [-0.39, 0.29) is 5.76 Å². The number of alkyl halides is 1. The molecule has 2 aromatic rings. The van der Waals surface area contributed by atoms with E-state index in [1.54, 1.807) is 30.9 Å². The van der Waals surface area contributed by atoms with Crippen molar-refractivity contribution in [1.29, 1.82) is 0 Å². The molecule has 0 saturated carbocycles. The van der Waals surface area contributed by atoms with Crippen molar-refractivity contribution >= 4 is 27.0 Å². The summed E-state index contributed by atoms with van der Waals surface area (Å²) in [6.45, 7) is 0.583. The molecule has 0 unspecified atom stereocenters. The van der Waals surface area contributed by atoms with Crippen molar-refractivity contribution in [3.05, 3.63) is 22.7 Å². The number of hydrogen-bond acceptors (Lipinski definition) is 4. The second-order valence-electron chi connectivity index (χ2n) is 3.74. The van der Waals surface area contributed by atoms with E-state index < -0.39 is 0 Å². The van der Waals surface area contributed by atoms with E-state index in [2.05, 4.69) is 15.9 Å². The maximum absolute atomic E-state index is 11.8. The van der Waals surface area contributed by atoms with Crippen LogP contribution in [0, 0.1) is 0 Å². The predicted octanol–water partition coefficient (Wildman–Crippen LogP) is 2.40. The molecule has 0 radical (unpaired) electrons. The summed E-state index contributed by atoms with van der Waals surface area (Å²) in [5.74, 6) is 0.794.